The predicted molar refractivity (Wildman–Crippen MR) is 85.7 cm³/mol. The molecule has 22 heavy (non-hydrogen) atoms. The molecule has 0 radical (unpaired) electrons. The third kappa shape index (κ3) is 3.47. The smallest absolute Gasteiger partial charge is 0.167 e. The van der Waals surface area contributed by atoms with Crippen LogP contribution in [0.5, 0.6) is 5.75 Å². The SMILES string of the molecule is COc1cc2c(NCCS(=O)(=O)C(C)C)ccnc2cc1F. The Kier molecular flexibility index (Phi) is 4.85. The Bertz CT molecular complexity index is 776. The number of aromatic nitrogens is 1. The molecule has 0 aliphatic carbocycles. The number of methoxy groups -OCH3 is 1. The number of hydrogen-bond donors (Lipinski definition) is 1. The first-order valence-electron chi connectivity index (χ1n) is 6.93. The number of halogens is 1. The predicted octanol–water partition coefficient (Wildman–Crippen LogP) is 2.62. The van der Waals surface area contributed by atoms with E-state index in [0.717, 1.165) is 0 Å². The van der Waals surface area contributed by atoms with Gasteiger partial charge in [0.25, 0.3) is 0 Å². The minimum absolute atomic E-state index is 0.0345. The second-order valence-electron chi connectivity index (χ2n) is 5.20. The van der Waals surface area contributed by atoms with Gasteiger partial charge in [0.15, 0.2) is 21.4 Å². The highest BCUT2D eigenvalue weighted by Gasteiger charge is 2.15. The van der Waals surface area contributed by atoms with Gasteiger partial charge in [0.1, 0.15) is 0 Å². The summed E-state index contributed by atoms with van der Waals surface area (Å²) in [5.74, 6) is -0.326. The van der Waals surface area contributed by atoms with Gasteiger partial charge in [-0.05, 0) is 26.0 Å². The monoisotopic (exact) mass is 326 g/mol. The van der Waals surface area contributed by atoms with Crippen molar-refractivity contribution in [2.75, 3.05) is 24.7 Å². The molecule has 1 heterocycles. The van der Waals surface area contributed by atoms with Gasteiger partial charge in [-0.1, -0.05) is 0 Å². The van der Waals surface area contributed by atoms with Crippen molar-refractivity contribution in [2.45, 2.75) is 19.1 Å². The Labute approximate surface area is 129 Å². The van der Waals surface area contributed by atoms with Gasteiger partial charge in [-0.15, -0.1) is 0 Å². The fourth-order valence-electron chi connectivity index (χ4n) is 2.02. The standard InChI is InChI=1S/C15H19FN2O3S/c1-10(2)22(19,20)7-6-18-13-4-5-17-14-9-12(16)15(21-3)8-11(13)14/h4-5,8-10H,6-7H2,1-3H3,(H,17,18). The molecule has 0 saturated carbocycles. The fourth-order valence-corrected chi connectivity index (χ4v) is 2.88. The molecule has 0 aliphatic rings. The maximum Gasteiger partial charge on any atom is 0.167 e. The first-order valence-corrected chi connectivity index (χ1v) is 8.64. The van der Waals surface area contributed by atoms with E-state index in [-0.39, 0.29) is 18.0 Å². The van der Waals surface area contributed by atoms with Crippen LogP contribution in [0.3, 0.4) is 0 Å². The number of nitrogens with one attached hydrogen (secondary N) is 1. The van der Waals surface area contributed by atoms with Gasteiger partial charge in [-0.25, -0.2) is 12.8 Å². The van der Waals surface area contributed by atoms with E-state index in [4.69, 9.17) is 4.74 Å². The molecule has 2 rings (SSSR count). The van der Waals surface area contributed by atoms with Crippen molar-refractivity contribution >= 4 is 26.4 Å². The normalized spacial score (nSPS) is 11.9. The number of rotatable bonds is 6. The molecule has 0 unspecified atom stereocenters. The lowest BCUT2D eigenvalue weighted by Crippen LogP contribution is -2.23. The molecule has 120 valence electrons. The summed E-state index contributed by atoms with van der Waals surface area (Å²) < 4.78 is 42.3. The number of fused-ring (bicyclic) bond motifs is 1. The van der Waals surface area contributed by atoms with Crippen LogP contribution in [0.25, 0.3) is 10.9 Å². The molecule has 0 amide bonds. The molecule has 2 aromatic rings. The summed E-state index contributed by atoms with van der Waals surface area (Å²) in [6.45, 7) is 3.59. The van der Waals surface area contributed by atoms with Crippen LogP contribution in [0.2, 0.25) is 0 Å². The number of hydrogen-bond acceptors (Lipinski definition) is 5. The third-order valence-electron chi connectivity index (χ3n) is 3.44. The molecule has 0 aliphatic heterocycles. The van der Waals surface area contributed by atoms with Crippen LogP contribution in [0, 0.1) is 5.82 Å². The van der Waals surface area contributed by atoms with Crippen molar-refractivity contribution in [2.24, 2.45) is 0 Å². The Morgan fingerprint density at radius 2 is 2.09 bits per heavy atom. The van der Waals surface area contributed by atoms with Gasteiger partial charge in [-0.3, -0.25) is 4.98 Å². The van der Waals surface area contributed by atoms with Crippen LogP contribution in [0.15, 0.2) is 24.4 Å². The van der Waals surface area contributed by atoms with Crippen LogP contribution in [-0.2, 0) is 9.84 Å². The summed E-state index contributed by atoms with van der Waals surface area (Å²) >= 11 is 0. The summed E-state index contributed by atoms with van der Waals surface area (Å²) in [6, 6.07) is 4.57. The Morgan fingerprint density at radius 3 is 2.73 bits per heavy atom. The molecular formula is C15H19FN2O3S. The van der Waals surface area contributed by atoms with Crippen molar-refractivity contribution in [3.05, 3.63) is 30.2 Å². The second-order valence-corrected chi connectivity index (χ2v) is 7.88. The summed E-state index contributed by atoms with van der Waals surface area (Å²) in [7, 11) is -1.71. The molecule has 7 heteroatoms. The lowest BCUT2D eigenvalue weighted by molar-refractivity contribution is 0.387. The highest BCUT2D eigenvalue weighted by molar-refractivity contribution is 7.92. The van der Waals surface area contributed by atoms with E-state index in [9.17, 15) is 12.8 Å². The Balaban J connectivity index is 2.25. The molecule has 0 atom stereocenters. The molecule has 0 bridgehead atoms. The number of benzene rings is 1. The van der Waals surface area contributed by atoms with Crippen molar-refractivity contribution in [3.8, 4) is 5.75 Å². The van der Waals surface area contributed by atoms with Crippen molar-refractivity contribution in [3.63, 3.8) is 0 Å². The summed E-state index contributed by atoms with van der Waals surface area (Å²) in [6.07, 6.45) is 1.55. The van der Waals surface area contributed by atoms with Gasteiger partial charge in [0.2, 0.25) is 0 Å². The minimum atomic E-state index is -3.10. The first-order chi connectivity index (χ1) is 10.3. The zero-order valence-electron chi connectivity index (χ0n) is 12.8. The lowest BCUT2D eigenvalue weighted by atomic mass is 10.1. The zero-order chi connectivity index (χ0) is 16.3. The largest absolute Gasteiger partial charge is 0.494 e. The number of sulfone groups is 1. The van der Waals surface area contributed by atoms with E-state index < -0.39 is 20.9 Å². The highest BCUT2D eigenvalue weighted by Crippen LogP contribution is 2.28. The molecule has 5 nitrogen and oxygen atoms in total. The molecular weight excluding hydrogens is 307 g/mol. The van der Waals surface area contributed by atoms with E-state index in [1.165, 1.54) is 13.2 Å². The quantitative estimate of drug-likeness (QED) is 0.884. The summed E-state index contributed by atoms with van der Waals surface area (Å²) in [4.78, 5) is 4.11. The fraction of sp³-hybridized carbons (Fsp3) is 0.400. The van der Waals surface area contributed by atoms with E-state index in [1.807, 2.05) is 0 Å². The van der Waals surface area contributed by atoms with Gasteiger partial charge in [0.05, 0.1) is 23.6 Å². The van der Waals surface area contributed by atoms with E-state index in [0.29, 0.717) is 16.6 Å². The number of ether oxygens (including phenoxy) is 1. The number of anilines is 1. The maximum atomic E-state index is 13.7. The molecule has 1 aromatic carbocycles. The highest BCUT2D eigenvalue weighted by atomic mass is 32.2. The van der Waals surface area contributed by atoms with Crippen LogP contribution in [0.4, 0.5) is 10.1 Å². The topological polar surface area (TPSA) is 68.3 Å². The van der Waals surface area contributed by atoms with Crippen LogP contribution >= 0.6 is 0 Å². The summed E-state index contributed by atoms with van der Waals surface area (Å²) in [5.41, 5.74) is 1.18. The maximum absolute atomic E-state index is 13.7. The van der Waals surface area contributed by atoms with Crippen molar-refractivity contribution in [1.29, 1.82) is 0 Å². The van der Waals surface area contributed by atoms with Crippen LogP contribution in [-0.4, -0.2) is 38.1 Å². The molecule has 0 spiro atoms. The minimum Gasteiger partial charge on any atom is -0.494 e. The van der Waals surface area contributed by atoms with Gasteiger partial charge >= 0.3 is 0 Å². The van der Waals surface area contributed by atoms with Crippen LogP contribution in [0.1, 0.15) is 13.8 Å². The average molecular weight is 326 g/mol. The van der Waals surface area contributed by atoms with Crippen molar-refractivity contribution < 1.29 is 17.5 Å². The molecule has 0 saturated heterocycles. The third-order valence-corrected chi connectivity index (χ3v) is 5.65. The van der Waals surface area contributed by atoms with Gasteiger partial charge in [0, 0.05) is 29.9 Å². The Hall–Kier alpha value is -1.89. The summed E-state index contributed by atoms with van der Waals surface area (Å²) in [5, 5.41) is 3.35. The molecule has 1 aromatic heterocycles. The lowest BCUT2D eigenvalue weighted by Gasteiger charge is -2.12. The first kappa shape index (κ1) is 16.5. The van der Waals surface area contributed by atoms with E-state index >= 15 is 0 Å². The Morgan fingerprint density at radius 1 is 1.36 bits per heavy atom. The van der Waals surface area contributed by atoms with Gasteiger partial charge in [-0.2, -0.15) is 0 Å². The van der Waals surface area contributed by atoms with E-state index in [1.54, 1.807) is 32.2 Å². The second kappa shape index (κ2) is 6.48. The molecule has 0 fully saturated rings. The van der Waals surface area contributed by atoms with Crippen molar-refractivity contribution in [1.82, 2.24) is 4.98 Å². The zero-order valence-corrected chi connectivity index (χ0v) is 13.6. The number of nitrogens with zero attached hydrogens (tertiary/aromatic N) is 1. The average Bonchev–Trinajstić information content (AvgIpc) is 2.46. The molecule has 1 N–H and O–H groups in total. The van der Waals surface area contributed by atoms with Gasteiger partial charge < -0.3 is 10.1 Å². The van der Waals surface area contributed by atoms with E-state index in [2.05, 4.69) is 10.3 Å². The van der Waals surface area contributed by atoms with Crippen LogP contribution < -0.4 is 10.1 Å². The number of pyridine rings is 1.